The highest BCUT2D eigenvalue weighted by atomic mass is 32.2. The van der Waals surface area contributed by atoms with Gasteiger partial charge >= 0.3 is 0 Å². The minimum absolute atomic E-state index is 0.0158. The highest BCUT2D eigenvalue weighted by Gasteiger charge is 2.29. The maximum absolute atomic E-state index is 12.7. The SMILES string of the molecule is CC(C)C(C)NC(=O)c1cccc(S(=O)(=O)N2CCNC(=O)C2)c1. The molecule has 1 fully saturated rings. The molecule has 1 aliphatic rings. The molecule has 1 aliphatic heterocycles. The second kappa shape index (κ2) is 7.31. The highest BCUT2D eigenvalue weighted by Crippen LogP contribution is 2.18. The van der Waals surface area contributed by atoms with Gasteiger partial charge in [0.1, 0.15) is 0 Å². The number of carbonyl (C=O) groups excluding carboxylic acids is 2. The van der Waals surface area contributed by atoms with Crippen molar-refractivity contribution in [1.82, 2.24) is 14.9 Å². The van der Waals surface area contributed by atoms with E-state index in [2.05, 4.69) is 10.6 Å². The lowest BCUT2D eigenvalue weighted by atomic mass is 10.1. The zero-order chi connectivity index (χ0) is 17.9. The van der Waals surface area contributed by atoms with E-state index in [4.69, 9.17) is 0 Å². The van der Waals surface area contributed by atoms with Crippen LogP contribution in [-0.2, 0) is 14.8 Å². The Hall–Kier alpha value is -1.93. The van der Waals surface area contributed by atoms with Crippen molar-refractivity contribution in [3.8, 4) is 0 Å². The van der Waals surface area contributed by atoms with Crippen molar-refractivity contribution < 1.29 is 18.0 Å². The summed E-state index contributed by atoms with van der Waals surface area (Å²) in [5, 5.41) is 5.44. The summed E-state index contributed by atoms with van der Waals surface area (Å²) in [6.07, 6.45) is 0. The molecule has 132 valence electrons. The lowest BCUT2D eigenvalue weighted by molar-refractivity contribution is -0.122. The van der Waals surface area contributed by atoms with Crippen molar-refractivity contribution in [3.05, 3.63) is 29.8 Å². The van der Waals surface area contributed by atoms with E-state index in [0.717, 1.165) is 4.31 Å². The number of nitrogens with zero attached hydrogens (tertiary/aromatic N) is 1. The Labute approximate surface area is 142 Å². The Kier molecular flexibility index (Phi) is 5.61. The van der Waals surface area contributed by atoms with Gasteiger partial charge in [0.25, 0.3) is 5.91 Å². The van der Waals surface area contributed by atoms with Crippen LogP contribution in [0.4, 0.5) is 0 Å². The second-order valence-corrected chi connectivity index (χ2v) is 8.16. The van der Waals surface area contributed by atoms with Crippen LogP contribution in [0, 0.1) is 5.92 Å². The maximum atomic E-state index is 12.7. The minimum atomic E-state index is -3.80. The fourth-order valence-corrected chi connectivity index (χ4v) is 3.67. The Morgan fingerprint density at radius 1 is 1.29 bits per heavy atom. The molecule has 0 radical (unpaired) electrons. The number of sulfonamides is 1. The van der Waals surface area contributed by atoms with Gasteiger partial charge in [-0.1, -0.05) is 19.9 Å². The largest absolute Gasteiger partial charge is 0.354 e. The molecule has 8 heteroatoms. The standard InChI is InChI=1S/C16H23N3O4S/c1-11(2)12(3)18-16(21)13-5-4-6-14(9-13)24(22,23)19-8-7-17-15(20)10-19/h4-6,9,11-12H,7-8,10H2,1-3H3,(H,17,20)(H,18,21). The summed E-state index contributed by atoms with van der Waals surface area (Å²) in [4.78, 5) is 23.7. The molecule has 1 aromatic carbocycles. The Morgan fingerprint density at radius 3 is 2.62 bits per heavy atom. The zero-order valence-corrected chi connectivity index (χ0v) is 14.9. The van der Waals surface area contributed by atoms with Gasteiger partial charge in [-0.25, -0.2) is 8.42 Å². The summed E-state index contributed by atoms with van der Waals surface area (Å²) in [6, 6.07) is 5.87. The van der Waals surface area contributed by atoms with E-state index in [1.807, 2.05) is 20.8 Å². The molecular formula is C16H23N3O4S. The molecule has 2 rings (SSSR count). The quantitative estimate of drug-likeness (QED) is 0.809. The van der Waals surface area contributed by atoms with Gasteiger partial charge in [0.15, 0.2) is 0 Å². The third-order valence-electron chi connectivity index (χ3n) is 4.10. The van der Waals surface area contributed by atoms with Gasteiger partial charge < -0.3 is 10.6 Å². The predicted octanol–water partition coefficient (Wildman–Crippen LogP) is 0.581. The summed E-state index contributed by atoms with van der Waals surface area (Å²) in [6.45, 7) is 6.18. The normalized spacial score (nSPS) is 17.4. The monoisotopic (exact) mass is 353 g/mol. The Bertz CT molecular complexity index is 731. The summed E-state index contributed by atoms with van der Waals surface area (Å²) >= 11 is 0. The molecule has 7 nitrogen and oxygen atoms in total. The molecule has 0 aliphatic carbocycles. The van der Waals surface area contributed by atoms with Crippen molar-refractivity contribution in [3.63, 3.8) is 0 Å². The van der Waals surface area contributed by atoms with Crippen LogP contribution in [-0.4, -0.2) is 50.2 Å². The van der Waals surface area contributed by atoms with E-state index in [1.165, 1.54) is 18.2 Å². The fourth-order valence-electron chi connectivity index (χ4n) is 2.22. The minimum Gasteiger partial charge on any atom is -0.354 e. The molecule has 1 unspecified atom stereocenters. The molecule has 0 spiro atoms. The van der Waals surface area contributed by atoms with E-state index in [0.29, 0.717) is 0 Å². The number of hydrogen-bond donors (Lipinski definition) is 2. The second-order valence-electron chi connectivity index (χ2n) is 6.22. The van der Waals surface area contributed by atoms with Crippen molar-refractivity contribution >= 4 is 21.8 Å². The lowest BCUT2D eigenvalue weighted by Crippen LogP contribution is -2.49. The van der Waals surface area contributed by atoms with Crippen molar-refractivity contribution in [2.45, 2.75) is 31.7 Å². The Morgan fingerprint density at radius 2 is 2.00 bits per heavy atom. The Balaban J connectivity index is 2.23. The topological polar surface area (TPSA) is 95.6 Å². The summed E-state index contributed by atoms with van der Waals surface area (Å²) in [7, 11) is -3.80. The number of carbonyl (C=O) groups is 2. The number of benzene rings is 1. The van der Waals surface area contributed by atoms with Crippen LogP contribution in [0.1, 0.15) is 31.1 Å². The van der Waals surface area contributed by atoms with Crippen molar-refractivity contribution in [2.24, 2.45) is 5.92 Å². The molecule has 1 heterocycles. The van der Waals surface area contributed by atoms with E-state index < -0.39 is 10.0 Å². The number of piperazine rings is 1. The van der Waals surface area contributed by atoms with Crippen LogP contribution in [0.15, 0.2) is 29.2 Å². The van der Waals surface area contributed by atoms with E-state index >= 15 is 0 Å². The van der Waals surface area contributed by atoms with Gasteiger partial charge in [-0.3, -0.25) is 9.59 Å². The van der Waals surface area contributed by atoms with E-state index in [1.54, 1.807) is 6.07 Å². The fraction of sp³-hybridized carbons (Fsp3) is 0.500. The van der Waals surface area contributed by atoms with Crippen LogP contribution in [0.25, 0.3) is 0 Å². The molecule has 1 atom stereocenters. The number of rotatable bonds is 5. The van der Waals surface area contributed by atoms with E-state index in [9.17, 15) is 18.0 Å². The third-order valence-corrected chi connectivity index (χ3v) is 5.94. The molecule has 0 saturated carbocycles. The molecular weight excluding hydrogens is 330 g/mol. The summed E-state index contributed by atoms with van der Waals surface area (Å²) < 4.78 is 26.4. The first kappa shape index (κ1) is 18.4. The zero-order valence-electron chi connectivity index (χ0n) is 14.1. The van der Waals surface area contributed by atoms with Gasteiger partial charge in [-0.15, -0.1) is 0 Å². The summed E-state index contributed by atoms with van der Waals surface area (Å²) in [5.74, 6) is -0.373. The first-order valence-corrected chi connectivity index (χ1v) is 9.33. The molecule has 1 aromatic rings. The average molecular weight is 353 g/mol. The van der Waals surface area contributed by atoms with Crippen molar-refractivity contribution in [1.29, 1.82) is 0 Å². The van der Waals surface area contributed by atoms with Crippen LogP contribution < -0.4 is 10.6 Å². The van der Waals surface area contributed by atoms with Crippen LogP contribution in [0.5, 0.6) is 0 Å². The van der Waals surface area contributed by atoms with Crippen LogP contribution >= 0.6 is 0 Å². The third kappa shape index (κ3) is 4.12. The first-order valence-electron chi connectivity index (χ1n) is 7.89. The molecule has 24 heavy (non-hydrogen) atoms. The van der Waals surface area contributed by atoms with Gasteiger partial charge in [0.2, 0.25) is 15.9 Å². The van der Waals surface area contributed by atoms with Gasteiger partial charge in [-0.2, -0.15) is 4.31 Å². The van der Waals surface area contributed by atoms with Crippen LogP contribution in [0.2, 0.25) is 0 Å². The molecule has 2 N–H and O–H groups in total. The highest BCUT2D eigenvalue weighted by molar-refractivity contribution is 7.89. The molecule has 1 saturated heterocycles. The number of nitrogens with one attached hydrogen (secondary N) is 2. The molecule has 0 bridgehead atoms. The van der Waals surface area contributed by atoms with Crippen molar-refractivity contribution in [2.75, 3.05) is 19.6 Å². The van der Waals surface area contributed by atoms with E-state index in [-0.39, 0.29) is 53.9 Å². The van der Waals surface area contributed by atoms with Gasteiger partial charge in [0.05, 0.1) is 11.4 Å². The summed E-state index contributed by atoms with van der Waals surface area (Å²) in [5.41, 5.74) is 0.282. The smallest absolute Gasteiger partial charge is 0.251 e. The predicted molar refractivity (Wildman–Crippen MR) is 90.0 cm³/mol. The number of hydrogen-bond acceptors (Lipinski definition) is 4. The first-order chi connectivity index (χ1) is 11.2. The number of amides is 2. The molecule has 0 aromatic heterocycles. The van der Waals surface area contributed by atoms with Crippen LogP contribution in [0.3, 0.4) is 0 Å². The van der Waals surface area contributed by atoms with Gasteiger partial charge in [-0.05, 0) is 31.0 Å². The molecule has 2 amide bonds. The average Bonchev–Trinajstić information content (AvgIpc) is 2.54. The lowest BCUT2D eigenvalue weighted by Gasteiger charge is -2.26. The van der Waals surface area contributed by atoms with Gasteiger partial charge in [0, 0.05) is 24.7 Å². The maximum Gasteiger partial charge on any atom is 0.251 e.